The Morgan fingerprint density at radius 3 is 2.56 bits per heavy atom. The topological polar surface area (TPSA) is 107 Å². The molecule has 7 nitrogen and oxygen atoms in total. The van der Waals surface area contributed by atoms with Gasteiger partial charge in [0.05, 0.1) is 24.5 Å². The highest BCUT2D eigenvalue weighted by atomic mass is 16.4. The predicted octanol–water partition coefficient (Wildman–Crippen LogP) is 3.90. The number of aliphatic hydroxyl groups is 1. The zero-order valence-corrected chi connectivity index (χ0v) is 18.2. The minimum Gasteiger partial charge on any atom is -0.478 e. The molecule has 1 atom stereocenters. The lowest BCUT2D eigenvalue weighted by Crippen LogP contribution is -2.43. The number of benzene rings is 2. The maximum Gasteiger partial charge on any atom is 0.336 e. The number of amides is 1. The highest BCUT2D eigenvalue weighted by Crippen LogP contribution is 2.26. The number of carboxylic acids is 1. The van der Waals surface area contributed by atoms with Crippen molar-refractivity contribution >= 4 is 11.9 Å². The first-order chi connectivity index (χ1) is 15.5. The van der Waals surface area contributed by atoms with Crippen molar-refractivity contribution in [1.82, 2.24) is 14.9 Å². The molecule has 1 unspecified atom stereocenters. The van der Waals surface area contributed by atoms with Crippen LogP contribution in [0.25, 0.3) is 11.1 Å². The van der Waals surface area contributed by atoms with Gasteiger partial charge in [0.25, 0.3) is 0 Å². The van der Waals surface area contributed by atoms with E-state index < -0.39 is 12.0 Å². The van der Waals surface area contributed by atoms with Gasteiger partial charge in [-0.25, -0.2) is 9.78 Å². The van der Waals surface area contributed by atoms with Gasteiger partial charge in [0.2, 0.25) is 5.91 Å². The van der Waals surface area contributed by atoms with E-state index in [0.29, 0.717) is 24.0 Å². The Hall–Kier alpha value is -3.45. The van der Waals surface area contributed by atoms with Crippen molar-refractivity contribution in [3.63, 3.8) is 0 Å². The number of nitrogens with one attached hydrogen (secondary N) is 1. The predicted molar refractivity (Wildman–Crippen MR) is 122 cm³/mol. The third-order valence-corrected chi connectivity index (χ3v) is 5.48. The zero-order chi connectivity index (χ0) is 22.9. The van der Waals surface area contributed by atoms with Crippen molar-refractivity contribution in [3.05, 3.63) is 77.9 Å². The summed E-state index contributed by atoms with van der Waals surface area (Å²) < 4.78 is 0. The van der Waals surface area contributed by atoms with E-state index in [0.717, 1.165) is 24.1 Å². The number of carboxylic acid groups (broad SMARTS) is 1. The minimum atomic E-state index is -1.02. The fourth-order valence-corrected chi connectivity index (χ4v) is 3.75. The van der Waals surface area contributed by atoms with Crippen LogP contribution in [0.2, 0.25) is 0 Å². The first kappa shape index (κ1) is 23.2. The summed E-state index contributed by atoms with van der Waals surface area (Å²) in [5.74, 6) is -1.08. The average molecular weight is 436 g/mol. The van der Waals surface area contributed by atoms with Gasteiger partial charge in [-0.1, -0.05) is 55.8 Å². The number of aliphatic hydroxyl groups excluding tert-OH is 1. The number of aromatic carboxylic acids is 1. The van der Waals surface area contributed by atoms with Crippen molar-refractivity contribution in [2.75, 3.05) is 6.61 Å². The Morgan fingerprint density at radius 1 is 1.16 bits per heavy atom. The molecule has 0 aliphatic heterocycles. The SMILES string of the molecule is CCCCC(=O)N(Cc1ccc(-c2ccccc2)c(C(=O)O)c1)C(CO)Cc1cnc[nH]1. The Morgan fingerprint density at radius 2 is 1.94 bits per heavy atom. The van der Waals surface area contributed by atoms with E-state index >= 15 is 0 Å². The lowest BCUT2D eigenvalue weighted by atomic mass is 9.97. The fourth-order valence-electron chi connectivity index (χ4n) is 3.75. The average Bonchev–Trinajstić information content (AvgIpc) is 3.33. The Kier molecular flexibility index (Phi) is 8.16. The van der Waals surface area contributed by atoms with E-state index in [1.54, 1.807) is 29.6 Å². The van der Waals surface area contributed by atoms with E-state index in [1.807, 2.05) is 43.3 Å². The highest BCUT2D eigenvalue weighted by molar-refractivity contribution is 5.96. The molecular formula is C25H29N3O4. The molecule has 1 heterocycles. The smallest absolute Gasteiger partial charge is 0.336 e. The first-order valence-corrected chi connectivity index (χ1v) is 10.8. The molecule has 0 fully saturated rings. The largest absolute Gasteiger partial charge is 0.478 e. The number of aromatic amines is 1. The second-order valence-electron chi connectivity index (χ2n) is 7.79. The van der Waals surface area contributed by atoms with Gasteiger partial charge < -0.3 is 20.1 Å². The van der Waals surface area contributed by atoms with Crippen LogP contribution in [0.15, 0.2) is 61.1 Å². The van der Waals surface area contributed by atoms with Crippen LogP contribution in [-0.2, 0) is 17.8 Å². The third-order valence-electron chi connectivity index (χ3n) is 5.48. The van der Waals surface area contributed by atoms with Gasteiger partial charge in [-0.05, 0) is 29.2 Å². The van der Waals surface area contributed by atoms with E-state index in [1.165, 1.54) is 0 Å². The number of aromatic nitrogens is 2. The quantitative estimate of drug-likeness (QED) is 0.424. The number of carbonyl (C=O) groups is 2. The number of imidazole rings is 1. The molecule has 0 saturated heterocycles. The maximum atomic E-state index is 13.0. The molecule has 1 amide bonds. The number of carbonyl (C=O) groups excluding carboxylic acids is 1. The van der Waals surface area contributed by atoms with Crippen LogP contribution in [0.3, 0.4) is 0 Å². The van der Waals surface area contributed by atoms with Crippen LogP contribution in [0.4, 0.5) is 0 Å². The molecule has 1 aromatic heterocycles. The molecule has 3 N–H and O–H groups in total. The van der Waals surface area contributed by atoms with Gasteiger partial charge in [0, 0.05) is 31.3 Å². The van der Waals surface area contributed by atoms with Gasteiger partial charge >= 0.3 is 5.97 Å². The monoisotopic (exact) mass is 435 g/mol. The molecule has 0 bridgehead atoms. The Bertz CT molecular complexity index is 1020. The molecule has 7 heteroatoms. The highest BCUT2D eigenvalue weighted by Gasteiger charge is 2.24. The normalized spacial score (nSPS) is 11.8. The summed E-state index contributed by atoms with van der Waals surface area (Å²) in [6, 6.07) is 14.2. The van der Waals surface area contributed by atoms with Crippen molar-refractivity contribution in [2.24, 2.45) is 0 Å². The molecular weight excluding hydrogens is 406 g/mol. The van der Waals surface area contributed by atoms with E-state index in [9.17, 15) is 19.8 Å². The van der Waals surface area contributed by atoms with Gasteiger partial charge in [0.1, 0.15) is 0 Å². The van der Waals surface area contributed by atoms with Gasteiger partial charge in [-0.2, -0.15) is 0 Å². The molecule has 0 radical (unpaired) electrons. The van der Waals surface area contributed by atoms with E-state index in [2.05, 4.69) is 9.97 Å². The third kappa shape index (κ3) is 5.82. The lowest BCUT2D eigenvalue weighted by Gasteiger charge is -2.31. The number of hydrogen-bond donors (Lipinski definition) is 3. The van der Waals surface area contributed by atoms with Gasteiger partial charge in [-0.15, -0.1) is 0 Å². The second kappa shape index (κ2) is 11.2. The van der Waals surface area contributed by atoms with Crippen molar-refractivity contribution in [1.29, 1.82) is 0 Å². The van der Waals surface area contributed by atoms with E-state index in [4.69, 9.17) is 0 Å². The number of nitrogens with zero attached hydrogens (tertiary/aromatic N) is 2. The molecule has 0 aliphatic carbocycles. The molecule has 0 spiro atoms. The number of rotatable bonds is 11. The molecule has 3 rings (SSSR count). The molecule has 3 aromatic rings. The van der Waals surface area contributed by atoms with Crippen molar-refractivity contribution < 1.29 is 19.8 Å². The van der Waals surface area contributed by atoms with Crippen LogP contribution < -0.4 is 0 Å². The molecule has 0 aliphatic rings. The molecule has 2 aromatic carbocycles. The first-order valence-electron chi connectivity index (χ1n) is 10.8. The summed E-state index contributed by atoms with van der Waals surface area (Å²) in [6.45, 7) is 2.04. The fraction of sp³-hybridized carbons (Fsp3) is 0.320. The van der Waals surface area contributed by atoms with Crippen LogP contribution in [0, 0.1) is 0 Å². The summed E-state index contributed by atoms with van der Waals surface area (Å²) in [6.07, 6.45) is 5.69. The van der Waals surface area contributed by atoms with Crippen LogP contribution in [0.1, 0.15) is 47.8 Å². The Labute approximate surface area is 187 Å². The number of H-pyrrole nitrogens is 1. The van der Waals surface area contributed by atoms with Crippen LogP contribution >= 0.6 is 0 Å². The summed E-state index contributed by atoms with van der Waals surface area (Å²) in [7, 11) is 0. The van der Waals surface area contributed by atoms with Crippen molar-refractivity contribution in [3.8, 4) is 11.1 Å². The summed E-state index contributed by atoms with van der Waals surface area (Å²) in [5, 5.41) is 19.9. The maximum absolute atomic E-state index is 13.0. The zero-order valence-electron chi connectivity index (χ0n) is 18.2. The van der Waals surface area contributed by atoms with Gasteiger partial charge in [0.15, 0.2) is 0 Å². The summed E-state index contributed by atoms with van der Waals surface area (Å²) in [4.78, 5) is 33.7. The minimum absolute atomic E-state index is 0.0607. The number of unbranched alkanes of at least 4 members (excludes halogenated alkanes) is 1. The molecule has 0 saturated carbocycles. The second-order valence-corrected chi connectivity index (χ2v) is 7.79. The summed E-state index contributed by atoms with van der Waals surface area (Å²) >= 11 is 0. The van der Waals surface area contributed by atoms with E-state index in [-0.39, 0.29) is 24.6 Å². The van der Waals surface area contributed by atoms with Crippen molar-refractivity contribution in [2.45, 2.75) is 45.2 Å². The van der Waals surface area contributed by atoms with Gasteiger partial charge in [-0.3, -0.25) is 4.79 Å². The Balaban J connectivity index is 1.91. The molecule has 32 heavy (non-hydrogen) atoms. The number of hydrogen-bond acceptors (Lipinski definition) is 4. The standard InChI is InChI=1S/C25H29N3O4/c1-2-3-9-24(30)28(21(16-29)13-20-14-26-17-27-20)15-18-10-11-22(23(12-18)25(31)32)19-7-5-4-6-8-19/h4-8,10-12,14,17,21,29H,2-3,9,13,15-16H2,1H3,(H,26,27)(H,31,32). The molecule has 168 valence electrons. The van der Waals surface area contributed by atoms with Crippen LogP contribution in [-0.4, -0.2) is 49.6 Å². The lowest BCUT2D eigenvalue weighted by molar-refractivity contribution is -0.135. The van der Waals surface area contributed by atoms with Crippen LogP contribution in [0.5, 0.6) is 0 Å². The summed E-state index contributed by atoms with van der Waals surface area (Å²) in [5.41, 5.74) is 3.16.